The molecule has 4 heteroatoms. The van der Waals surface area contributed by atoms with Gasteiger partial charge in [0.25, 0.3) is 0 Å². The van der Waals surface area contributed by atoms with Crippen molar-refractivity contribution in [3.63, 3.8) is 0 Å². The van der Waals surface area contributed by atoms with E-state index in [4.69, 9.17) is 10.8 Å². The van der Waals surface area contributed by atoms with Gasteiger partial charge in [0.15, 0.2) is 0 Å². The second-order valence-corrected chi connectivity index (χ2v) is 3.90. The Morgan fingerprint density at radius 2 is 2.25 bits per heavy atom. The zero-order valence-electron chi connectivity index (χ0n) is 10.1. The number of aliphatic hydroxyl groups is 1. The Bertz CT molecular complexity index is 298. The van der Waals surface area contributed by atoms with E-state index in [0.29, 0.717) is 0 Å². The third kappa shape index (κ3) is 3.47. The molecule has 0 saturated carbocycles. The van der Waals surface area contributed by atoms with Crippen LogP contribution in [0.3, 0.4) is 0 Å². The van der Waals surface area contributed by atoms with Gasteiger partial charge in [0.1, 0.15) is 5.82 Å². The van der Waals surface area contributed by atoms with Crippen molar-refractivity contribution in [2.75, 3.05) is 24.6 Å². The number of nitrogens with zero attached hydrogens (tertiary/aromatic N) is 2. The van der Waals surface area contributed by atoms with Gasteiger partial charge in [-0.25, -0.2) is 4.98 Å². The van der Waals surface area contributed by atoms with Gasteiger partial charge >= 0.3 is 0 Å². The molecule has 1 aromatic rings. The maximum Gasteiger partial charge on any atom is 0.128 e. The normalized spacial score (nSPS) is 12.5. The van der Waals surface area contributed by atoms with Crippen LogP contribution in [0.5, 0.6) is 0 Å². The minimum absolute atomic E-state index is 0.0223. The third-order valence-corrected chi connectivity index (χ3v) is 2.59. The molecule has 4 nitrogen and oxygen atoms in total. The second kappa shape index (κ2) is 6.45. The molecule has 0 amide bonds. The Labute approximate surface area is 97.1 Å². The van der Waals surface area contributed by atoms with Gasteiger partial charge in [-0.05, 0) is 31.9 Å². The molecule has 3 N–H and O–H groups in total. The number of anilines is 1. The number of aliphatic hydroxyl groups excluding tert-OH is 1. The number of rotatable bonds is 6. The highest BCUT2D eigenvalue weighted by atomic mass is 16.3. The van der Waals surface area contributed by atoms with Crippen LogP contribution >= 0.6 is 0 Å². The average Bonchev–Trinajstić information content (AvgIpc) is 2.30. The first-order valence-electron chi connectivity index (χ1n) is 5.76. The van der Waals surface area contributed by atoms with Crippen LogP contribution < -0.4 is 10.6 Å². The Balaban J connectivity index is 2.70. The molecule has 0 radical (unpaired) electrons. The summed E-state index contributed by atoms with van der Waals surface area (Å²) in [5.74, 6) is 0.945. The van der Waals surface area contributed by atoms with Crippen molar-refractivity contribution in [3.05, 3.63) is 23.9 Å². The molecule has 0 aliphatic rings. The first kappa shape index (κ1) is 12.9. The molecule has 1 aromatic heterocycles. The summed E-state index contributed by atoms with van der Waals surface area (Å²) in [6.07, 6.45) is 2.59. The molecule has 0 spiro atoms. The molecule has 0 saturated heterocycles. The van der Waals surface area contributed by atoms with Crippen LogP contribution in [0, 0.1) is 0 Å². The highest BCUT2D eigenvalue weighted by molar-refractivity contribution is 5.39. The lowest BCUT2D eigenvalue weighted by molar-refractivity contribution is 0.289. The molecule has 90 valence electrons. The molecule has 0 bridgehead atoms. The smallest absolute Gasteiger partial charge is 0.128 e. The SMILES string of the molecule is CCN(CCCO)c1ccc([C@H](C)N)cn1. The van der Waals surface area contributed by atoms with Gasteiger partial charge < -0.3 is 15.7 Å². The maximum absolute atomic E-state index is 8.81. The van der Waals surface area contributed by atoms with E-state index in [9.17, 15) is 0 Å². The van der Waals surface area contributed by atoms with E-state index in [1.165, 1.54) is 0 Å². The van der Waals surface area contributed by atoms with Crippen molar-refractivity contribution in [1.29, 1.82) is 0 Å². The first-order valence-corrected chi connectivity index (χ1v) is 5.76. The summed E-state index contributed by atoms with van der Waals surface area (Å²) >= 11 is 0. The fraction of sp³-hybridized carbons (Fsp3) is 0.583. The zero-order chi connectivity index (χ0) is 12.0. The summed E-state index contributed by atoms with van der Waals surface area (Å²) < 4.78 is 0. The van der Waals surface area contributed by atoms with Crippen molar-refractivity contribution in [2.45, 2.75) is 26.3 Å². The molecule has 0 aromatic carbocycles. The van der Waals surface area contributed by atoms with Gasteiger partial charge in [-0.3, -0.25) is 0 Å². The van der Waals surface area contributed by atoms with Gasteiger partial charge in [-0.15, -0.1) is 0 Å². The molecule has 0 fully saturated rings. The van der Waals surface area contributed by atoms with Crippen LogP contribution in [0.25, 0.3) is 0 Å². The van der Waals surface area contributed by atoms with Crippen molar-refractivity contribution < 1.29 is 5.11 Å². The van der Waals surface area contributed by atoms with Gasteiger partial charge in [-0.1, -0.05) is 6.07 Å². The minimum atomic E-state index is 0.0223. The van der Waals surface area contributed by atoms with Crippen LogP contribution in [-0.4, -0.2) is 29.8 Å². The van der Waals surface area contributed by atoms with E-state index < -0.39 is 0 Å². The number of nitrogens with two attached hydrogens (primary N) is 1. The molecule has 1 atom stereocenters. The van der Waals surface area contributed by atoms with E-state index in [1.54, 1.807) is 0 Å². The van der Waals surface area contributed by atoms with E-state index >= 15 is 0 Å². The number of pyridine rings is 1. The summed E-state index contributed by atoms with van der Waals surface area (Å²) in [7, 11) is 0. The fourth-order valence-electron chi connectivity index (χ4n) is 1.55. The summed E-state index contributed by atoms with van der Waals surface area (Å²) in [6.45, 7) is 5.97. The van der Waals surface area contributed by atoms with Crippen LogP contribution in [0.15, 0.2) is 18.3 Å². The molecular formula is C12H21N3O. The highest BCUT2D eigenvalue weighted by Gasteiger charge is 2.06. The number of hydrogen-bond acceptors (Lipinski definition) is 4. The molecule has 1 rings (SSSR count). The molecule has 0 aliphatic carbocycles. The Hall–Kier alpha value is -1.13. The summed E-state index contributed by atoms with van der Waals surface area (Å²) in [4.78, 5) is 6.53. The van der Waals surface area contributed by atoms with E-state index in [-0.39, 0.29) is 12.6 Å². The number of aromatic nitrogens is 1. The van der Waals surface area contributed by atoms with Crippen molar-refractivity contribution in [1.82, 2.24) is 4.98 Å². The number of hydrogen-bond donors (Lipinski definition) is 2. The molecule has 0 unspecified atom stereocenters. The molecule has 0 aliphatic heterocycles. The lowest BCUT2D eigenvalue weighted by Crippen LogP contribution is -2.25. The van der Waals surface area contributed by atoms with E-state index in [1.807, 2.05) is 25.3 Å². The van der Waals surface area contributed by atoms with Crippen LogP contribution in [0.4, 0.5) is 5.82 Å². The van der Waals surface area contributed by atoms with Crippen LogP contribution in [0.2, 0.25) is 0 Å². The predicted octanol–water partition coefficient (Wildman–Crippen LogP) is 1.31. The molecular weight excluding hydrogens is 202 g/mol. The third-order valence-electron chi connectivity index (χ3n) is 2.59. The first-order chi connectivity index (χ1) is 7.69. The average molecular weight is 223 g/mol. The molecule has 16 heavy (non-hydrogen) atoms. The van der Waals surface area contributed by atoms with Crippen molar-refractivity contribution >= 4 is 5.82 Å². The Morgan fingerprint density at radius 3 is 2.69 bits per heavy atom. The van der Waals surface area contributed by atoms with Crippen molar-refractivity contribution in [3.8, 4) is 0 Å². The van der Waals surface area contributed by atoms with E-state index in [0.717, 1.165) is 30.9 Å². The maximum atomic E-state index is 8.81. The Kier molecular flexibility index (Phi) is 5.22. The zero-order valence-corrected chi connectivity index (χ0v) is 10.1. The topological polar surface area (TPSA) is 62.4 Å². The van der Waals surface area contributed by atoms with Crippen LogP contribution in [-0.2, 0) is 0 Å². The van der Waals surface area contributed by atoms with Gasteiger partial charge in [0.05, 0.1) is 0 Å². The second-order valence-electron chi connectivity index (χ2n) is 3.90. The van der Waals surface area contributed by atoms with Gasteiger partial charge in [0.2, 0.25) is 0 Å². The van der Waals surface area contributed by atoms with Gasteiger partial charge in [0, 0.05) is 31.9 Å². The van der Waals surface area contributed by atoms with Gasteiger partial charge in [-0.2, -0.15) is 0 Å². The monoisotopic (exact) mass is 223 g/mol. The van der Waals surface area contributed by atoms with Crippen LogP contribution in [0.1, 0.15) is 31.9 Å². The largest absolute Gasteiger partial charge is 0.396 e. The Morgan fingerprint density at radius 1 is 1.50 bits per heavy atom. The standard InChI is InChI=1S/C12H21N3O/c1-3-15(7-4-8-16)12-6-5-11(9-14-12)10(2)13/h5-6,9-10,16H,3-4,7-8,13H2,1-2H3/t10-/m0/s1. The lowest BCUT2D eigenvalue weighted by Gasteiger charge is -2.21. The predicted molar refractivity (Wildman–Crippen MR) is 66.4 cm³/mol. The minimum Gasteiger partial charge on any atom is -0.396 e. The fourth-order valence-corrected chi connectivity index (χ4v) is 1.55. The lowest BCUT2D eigenvalue weighted by atomic mass is 10.1. The van der Waals surface area contributed by atoms with E-state index in [2.05, 4.69) is 16.8 Å². The van der Waals surface area contributed by atoms with Crippen molar-refractivity contribution in [2.24, 2.45) is 5.73 Å². The summed E-state index contributed by atoms with van der Waals surface area (Å²) in [5, 5.41) is 8.81. The quantitative estimate of drug-likeness (QED) is 0.763. The highest BCUT2D eigenvalue weighted by Crippen LogP contribution is 2.14. The summed E-state index contributed by atoms with van der Waals surface area (Å²) in [6, 6.07) is 4.02. The molecule has 1 heterocycles. The summed E-state index contributed by atoms with van der Waals surface area (Å²) in [5.41, 5.74) is 6.81.